The minimum atomic E-state index is 0.0813. The number of azide groups is 1. The summed E-state index contributed by atoms with van der Waals surface area (Å²) in [5.41, 5.74) is 7.98. The van der Waals surface area contributed by atoms with E-state index in [0.717, 1.165) is 12.8 Å². The minimum absolute atomic E-state index is 0.0813. The van der Waals surface area contributed by atoms with Gasteiger partial charge in [-0.05, 0) is 31.2 Å². The maximum Gasteiger partial charge on any atom is 0.220 e. The Bertz CT molecular complexity index is 218. The zero-order chi connectivity index (χ0) is 9.52. The highest BCUT2D eigenvalue weighted by Gasteiger charge is 2.18. The Morgan fingerprint density at radius 1 is 1.62 bits per heavy atom. The van der Waals surface area contributed by atoms with Gasteiger partial charge >= 0.3 is 0 Å². The molecule has 0 heterocycles. The Labute approximate surface area is 77.1 Å². The van der Waals surface area contributed by atoms with Crippen LogP contribution in [-0.2, 0) is 4.79 Å². The molecule has 1 saturated carbocycles. The molecule has 0 aromatic rings. The number of hydrogen-bond acceptors (Lipinski definition) is 2. The van der Waals surface area contributed by atoms with Gasteiger partial charge in [0.2, 0.25) is 5.91 Å². The highest BCUT2D eigenvalue weighted by atomic mass is 16.1. The van der Waals surface area contributed by atoms with E-state index in [1.807, 2.05) is 0 Å². The third-order valence-corrected chi connectivity index (χ3v) is 2.20. The number of rotatable bonds is 5. The van der Waals surface area contributed by atoms with E-state index in [1.165, 1.54) is 6.42 Å². The molecule has 5 nitrogen and oxygen atoms in total. The van der Waals surface area contributed by atoms with Crippen LogP contribution >= 0.6 is 0 Å². The van der Waals surface area contributed by atoms with E-state index in [0.29, 0.717) is 25.4 Å². The van der Waals surface area contributed by atoms with Gasteiger partial charge in [-0.3, -0.25) is 4.79 Å². The Hall–Kier alpha value is -1.22. The van der Waals surface area contributed by atoms with Crippen molar-refractivity contribution in [2.45, 2.75) is 38.1 Å². The molecule has 0 aromatic heterocycles. The first-order valence-corrected chi connectivity index (χ1v) is 4.63. The Morgan fingerprint density at radius 3 is 2.92 bits per heavy atom. The maximum absolute atomic E-state index is 11.2. The Balaban J connectivity index is 1.99. The van der Waals surface area contributed by atoms with Crippen LogP contribution in [0.5, 0.6) is 0 Å². The van der Waals surface area contributed by atoms with Crippen LogP contribution in [0.25, 0.3) is 10.4 Å². The van der Waals surface area contributed by atoms with Gasteiger partial charge in [0.15, 0.2) is 0 Å². The van der Waals surface area contributed by atoms with Gasteiger partial charge in [0.1, 0.15) is 0 Å². The largest absolute Gasteiger partial charge is 0.353 e. The van der Waals surface area contributed by atoms with Crippen LogP contribution in [-0.4, -0.2) is 18.5 Å². The predicted octanol–water partition coefficient (Wildman–Crippen LogP) is 1.75. The summed E-state index contributed by atoms with van der Waals surface area (Å²) in [7, 11) is 0. The molecule has 1 rings (SSSR count). The average Bonchev–Trinajstić information content (AvgIpc) is 2.06. The van der Waals surface area contributed by atoms with E-state index < -0.39 is 0 Å². The van der Waals surface area contributed by atoms with Crippen molar-refractivity contribution in [1.82, 2.24) is 5.32 Å². The van der Waals surface area contributed by atoms with E-state index in [9.17, 15) is 4.79 Å². The SMILES string of the molecule is [N-]=[N+]=NCCCC(=O)NC1CCC1. The van der Waals surface area contributed by atoms with Crippen LogP contribution in [0.1, 0.15) is 32.1 Å². The molecule has 1 N–H and O–H groups in total. The fourth-order valence-electron chi connectivity index (χ4n) is 1.21. The normalized spacial score (nSPS) is 15.7. The van der Waals surface area contributed by atoms with Crippen LogP contribution in [0.2, 0.25) is 0 Å². The standard InChI is InChI=1S/C8H14N4O/c9-12-10-6-2-5-8(13)11-7-3-1-4-7/h7H,1-6H2,(H,11,13). The summed E-state index contributed by atoms with van der Waals surface area (Å²) < 4.78 is 0. The first-order chi connectivity index (χ1) is 6.33. The van der Waals surface area contributed by atoms with Crippen LogP contribution < -0.4 is 5.32 Å². The van der Waals surface area contributed by atoms with E-state index >= 15 is 0 Å². The highest BCUT2D eigenvalue weighted by Crippen LogP contribution is 2.17. The summed E-state index contributed by atoms with van der Waals surface area (Å²) in [6, 6.07) is 0.409. The second kappa shape index (κ2) is 5.43. The summed E-state index contributed by atoms with van der Waals surface area (Å²) in [5.74, 6) is 0.0813. The molecule has 0 spiro atoms. The van der Waals surface area contributed by atoms with Crippen molar-refractivity contribution in [3.63, 3.8) is 0 Å². The van der Waals surface area contributed by atoms with Crippen molar-refractivity contribution in [3.05, 3.63) is 10.4 Å². The molecule has 0 radical (unpaired) electrons. The molecule has 1 fully saturated rings. The summed E-state index contributed by atoms with van der Waals surface area (Å²) >= 11 is 0. The number of carbonyl (C=O) groups is 1. The van der Waals surface area contributed by atoms with E-state index in [1.54, 1.807) is 0 Å². The van der Waals surface area contributed by atoms with Crippen molar-refractivity contribution in [3.8, 4) is 0 Å². The average molecular weight is 182 g/mol. The highest BCUT2D eigenvalue weighted by molar-refractivity contribution is 5.76. The van der Waals surface area contributed by atoms with Gasteiger partial charge < -0.3 is 5.32 Å². The lowest BCUT2D eigenvalue weighted by atomic mass is 9.93. The zero-order valence-electron chi connectivity index (χ0n) is 7.57. The first-order valence-electron chi connectivity index (χ1n) is 4.63. The molecule has 0 atom stereocenters. The van der Waals surface area contributed by atoms with Crippen molar-refractivity contribution in [1.29, 1.82) is 0 Å². The van der Waals surface area contributed by atoms with Crippen LogP contribution in [0, 0.1) is 0 Å². The van der Waals surface area contributed by atoms with Gasteiger partial charge in [0.25, 0.3) is 0 Å². The lowest BCUT2D eigenvalue weighted by Crippen LogP contribution is -2.39. The Kier molecular flexibility index (Phi) is 4.12. The van der Waals surface area contributed by atoms with E-state index in [-0.39, 0.29) is 5.91 Å². The molecule has 72 valence electrons. The van der Waals surface area contributed by atoms with Gasteiger partial charge in [-0.25, -0.2) is 0 Å². The number of nitrogens with one attached hydrogen (secondary N) is 1. The smallest absolute Gasteiger partial charge is 0.220 e. The molecule has 0 aliphatic heterocycles. The number of carbonyl (C=O) groups excluding carboxylic acids is 1. The van der Waals surface area contributed by atoms with Crippen molar-refractivity contribution < 1.29 is 4.79 Å². The molecule has 1 amide bonds. The molecule has 0 aromatic carbocycles. The fraction of sp³-hybridized carbons (Fsp3) is 0.875. The molecule has 13 heavy (non-hydrogen) atoms. The predicted molar refractivity (Wildman–Crippen MR) is 49.0 cm³/mol. The van der Waals surface area contributed by atoms with Crippen LogP contribution in [0.3, 0.4) is 0 Å². The topological polar surface area (TPSA) is 77.9 Å². The Morgan fingerprint density at radius 2 is 2.38 bits per heavy atom. The van der Waals surface area contributed by atoms with Gasteiger partial charge in [0.05, 0.1) is 0 Å². The van der Waals surface area contributed by atoms with E-state index in [2.05, 4.69) is 15.3 Å². The monoisotopic (exact) mass is 182 g/mol. The quantitative estimate of drug-likeness (QED) is 0.299. The molecule has 0 bridgehead atoms. The molecule has 1 aliphatic rings. The van der Waals surface area contributed by atoms with Gasteiger partial charge in [0, 0.05) is 23.9 Å². The second-order valence-electron chi connectivity index (χ2n) is 3.25. The summed E-state index contributed by atoms with van der Waals surface area (Å²) in [5, 5.41) is 6.28. The van der Waals surface area contributed by atoms with Gasteiger partial charge in [-0.1, -0.05) is 5.11 Å². The molecule has 5 heteroatoms. The van der Waals surface area contributed by atoms with Gasteiger partial charge in [-0.2, -0.15) is 0 Å². The summed E-state index contributed by atoms with van der Waals surface area (Å²) in [6.45, 7) is 0.411. The summed E-state index contributed by atoms with van der Waals surface area (Å²) in [4.78, 5) is 13.8. The molecular weight excluding hydrogens is 168 g/mol. The third-order valence-electron chi connectivity index (χ3n) is 2.20. The zero-order valence-corrected chi connectivity index (χ0v) is 7.57. The van der Waals surface area contributed by atoms with Crippen molar-refractivity contribution in [2.75, 3.05) is 6.54 Å². The van der Waals surface area contributed by atoms with Crippen molar-refractivity contribution in [2.24, 2.45) is 5.11 Å². The molecule has 0 unspecified atom stereocenters. The number of amides is 1. The van der Waals surface area contributed by atoms with Crippen LogP contribution in [0.15, 0.2) is 5.11 Å². The number of nitrogens with zero attached hydrogens (tertiary/aromatic N) is 3. The first kappa shape index (κ1) is 9.86. The molecule has 0 saturated heterocycles. The lowest BCUT2D eigenvalue weighted by Gasteiger charge is -2.26. The minimum Gasteiger partial charge on any atom is -0.353 e. The van der Waals surface area contributed by atoms with Crippen LogP contribution in [0.4, 0.5) is 0 Å². The second-order valence-corrected chi connectivity index (χ2v) is 3.25. The molecule has 1 aliphatic carbocycles. The number of hydrogen-bond donors (Lipinski definition) is 1. The van der Waals surface area contributed by atoms with E-state index in [4.69, 9.17) is 5.53 Å². The maximum atomic E-state index is 11.2. The van der Waals surface area contributed by atoms with Gasteiger partial charge in [-0.15, -0.1) is 0 Å². The summed E-state index contributed by atoms with van der Waals surface area (Å²) in [6.07, 6.45) is 4.56. The molecular formula is C8H14N4O. The fourth-order valence-corrected chi connectivity index (χ4v) is 1.21. The third kappa shape index (κ3) is 3.80. The lowest BCUT2D eigenvalue weighted by molar-refractivity contribution is -0.122. The van der Waals surface area contributed by atoms with Crippen molar-refractivity contribution >= 4 is 5.91 Å².